The maximum atomic E-state index is 13.1. The van der Waals surface area contributed by atoms with E-state index in [1.807, 2.05) is 0 Å². The molecule has 1 aliphatic rings. The average Bonchev–Trinajstić information content (AvgIpc) is 2.86. The third-order valence-electron chi connectivity index (χ3n) is 3.65. The van der Waals surface area contributed by atoms with Gasteiger partial charge in [-0.3, -0.25) is 4.79 Å². The van der Waals surface area contributed by atoms with Crippen molar-refractivity contribution in [1.29, 1.82) is 0 Å². The van der Waals surface area contributed by atoms with Crippen molar-refractivity contribution in [2.75, 3.05) is 12.3 Å². The zero-order valence-corrected chi connectivity index (χ0v) is 10.7. The van der Waals surface area contributed by atoms with Gasteiger partial charge in [-0.05, 0) is 18.4 Å². The highest BCUT2D eigenvalue weighted by Crippen LogP contribution is 2.27. The number of halogens is 2. The van der Waals surface area contributed by atoms with Gasteiger partial charge in [0.05, 0.1) is 5.56 Å². The Morgan fingerprint density at radius 3 is 2.58 bits per heavy atom. The van der Waals surface area contributed by atoms with Crippen LogP contribution in [0.3, 0.4) is 0 Å². The van der Waals surface area contributed by atoms with Crippen LogP contribution in [0.4, 0.5) is 14.5 Å². The standard InChI is InChI=1S/C14H18F2N2O/c15-11-7-10(13(17)8-12(11)16)14(19)18-6-5-9-3-1-2-4-9/h7-9H,1-6,17H2,(H,18,19). The summed E-state index contributed by atoms with van der Waals surface area (Å²) in [5.74, 6) is -1.88. The molecule has 0 unspecified atom stereocenters. The number of rotatable bonds is 4. The summed E-state index contributed by atoms with van der Waals surface area (Å²) in [5, 5.41) is 2.71. The quantitative estimate of drug-likeness (QED) is 0.825. The maximum Gasteiger partial charge on any atom is 0.253 e. The molecule has 19 heavy (non-hydrogen) atoms. The lowest BCUT2D eigenvalue weighted by atomic mass is 10.0. The van der Waals surface area contributed by atoms with Gasteiger partial charge in [0.2, 0.25) is 0 Å². The highest BCUT2D eigenvalue weighted by Gasteiger charge is 2.17. The van der Waals surface area contributed by atoms with E-state index in [1.165, 1.54) is 25.7 Å². The summed E-state index contributed by atoms with van der Waals surface area (Å²) in [5.41, 5.74) is 5.46. The van der Waals surface area contributed by atoms with Crippen molar-refractivity contribution in [2.45, 2.75) is 32.1 Å². The first kappa shape index (κ1) is 13.8. The molecule has 1 saturated carbocycles. The average molecular weight is 268 g/mol. The lowest BCUT2D eigenvalue weighted by Crippen LogP contribution is -2.26. The van der Waals surface area contributed by atoms with Crippen LogP contribution in [0.15, 0.2) is 12.1 Å². The van der Waals surface area contributed by atoms with Crippen LogP contribution in [-0.4, -0.2) is 12.5 Å². The first-order valence-electron chi connectivity index (χ1n) is 6.60. The molecule has 0 aromatic heterocycles. The van der Waals surface area contributed by atoms with E-state index in [4.69, 9.17) is 5.73 Å². The molecule has 0 radical (unpaired) electrons. The van der Waals surface area contributed by atoms with Crippen molar-refractivity contribution in [2.24, 2.45) is 5.92 Å². The molecule has 0 spiro atoms. The molecule has 3 N–H and O–H groups in total. The molecule has 0 bridgehead atoms. The molecule has 0 atom stereocenters. The Hall–Kier alpha value is -1.65. The lowest BCUT2D eigenvalue weighted by molar-refractivity contribution is 0.0952. The van der Waals surface area contributed by atoms with Crippen molar-refractivity contribution in [3.63, 3.8) is 0 Å². The maximum absolute atomic E-state index is 13.1. The smallest absolute Gasteiger partial charge is 0.253 e. The molecule has 104 valence electrons. The van der Waals surface area contributed by atoms with E-state index in [0.29, 0.717) is 12.5 Å². The van der Waals surface area contributed by atoms with Crippen molar-refractivity contribution in [3.8, 4) is 0 Å². The number of carbonyl (C=O) groups is 1. The fourth-order valence-electron chi connectivity index (χ4n) is 2.54. The number of anilines is 1. The zero-order valence-electron chi connectivity index (χ0n) is 10.7. The minimum Gasteiger partial charge on any atom is -0.398 e. The largest absolute Gasteiger partial charge is 0.398 e. The molecule has 5 heteroatoms. The van der Waals surface area contributed by atoms with Crippen molar-refractivity contribution < 1.29 is 13.6 Å². The van der Waals surface area contributed by atoms with Crippen molar-refractivity contribution in [1.82, 2.24) is 5.32 Å². The molecule has 0 saturated heterocycles. The van der Waals surface area contributed by atoms with E-state index in [2.05, 4.69) is 5.32 Å². The van der Waals surface area contributed by atoms with E-state index in [0.717, 1.165) is 18.6 Å². The summed E-state index contributed by atoms with van der Waals surface area (Å²) < 4.78 is 26.0. The van der Waals surface area contributed by atoms with Crippen LogP contribution in [0.25, 0.3) is 0 Å². The predicted molar refractivity (Wildman–Crippen MR) is 69.7 cm³/mol. The highest BCUT2D eigenvalue weighted by molar-refractivity contribution is 5.99. The Labute approximate surface area is 111 Å². The van der Waals surface area contributed by atoms with Crippen LogP contribution in [-0.2, 0) is 0 Å². The minimum atomic E-state index is -1.06. The molecule has 0 heterocycles. The third kappa shape index (κ3) is 3.43. The van der Waals surface area contributed by atoms with Crippen LogP contribution < -0.4 is 11.1 Å². The van der Waals surface area contributed by atoms with Crippen molar-refractivity contribution in [3.05, 3.63) is 29.3 Å². The molecule has 3 nitrogen and oxygen atoms in total. The normalized spacial score (nSPS) is 15.7. The number of amides is 1. The second kappa shape index (κ2) is 5.99. The first-order chi connectivity index (χ1) is 9.08. The first-order valence-corrected chi connectivity index (χ1v) is 6.60. The Morgan fingerprint density at radius 2 is 1.89 bits per heavy atom. The summed E-state index contributed by atoms with van der Waals surface area (Å²) in [4.78, 5) is 11.8. The minimum absolute atomic E-state index is 0.00896. The number of carbonyl (C=O) groups excluding carboxylic acids is 1. The monoisotopic (exact) mass is 268 g/mol. The number of benzene rings is 1. The Bertz CT molecular complexity index is 471. The topological polar surface area (TPSA) is 55.1 Å². The second-order valence-electron chi connectivity index (χ2n) is 5.05. The number of nitrogens with two attached hydrogens (primary N) is 1. The van der Waals surface area contributed by atoms with Crippen LogP contribution in [0, 0.1) is 17.6 Å². The van der Waals surface area contributed by atoms with Gasteiger partial charge in [0, 0.05) is 18.3 Å². The van der Waals surface area contributed by atoms with Gasteiger partial charge < -0.3 is 11.1 Å². The van der Waals surface area contributed by atoms with E-state index in [-0.39, 0.29) is 11.3 Å². The molecule has 1 aromatic rings. The van der Waals surface area contributed by atoms with Crippen LogP contribution in [0.5, 0.6) is 0 Å². The second-order valence-corrected chi connectivity index (χ2v) is 5.05. The van der Waals surface area contributed by atoms with Gasteiger partial charge in [-0.1, -0.05) is 25.7 Å². The SMILES string of the molecule is Nc1cc(F)c(F)cc1C(=O)NCCC1CCCC1. The number of nitrogen functional groups attached to an aromatic ring is 1. The lowest BCUT2D eigenvalue weighted by Gasteiger charge is -2.11. The summed E-state index contributed by atoms with van der Waals surface area (Å²) >= 11 is 0. The van der Waals surface area contributed by atoms with Gasteiger partial charge in [0.15, 0.2) is 11.6 Å². The van der Waals surface area contributed by atoms with E-state index in [9.17, 15) is 13.6 Å². The molecule has 1 amide bonds. The number of nitrogens with one attached hydrogen (secondary N) is 1. The Kier molecular flexibility index (Phi) is 4.35. The third-order valence-corrected chi connectivity index (χ3v) is 3.65. The molecule has 1 fully saturated rings. The highest BCUT2D eigenvalue weighted by atomic mass is 19.2. The van der Waals surface area contributed by atoms with Gasteiger partial charge in [0.1, 0.15) is 0 Å². The fourth-order valence-corrected chi connectivity index (χ4v) is 2.54. The van der Waals surface area contributed by atoms with Gasteiger partial charge in [-0.15, -0.1) is 0 Å². The summed E-state index contributed by atoms with van der Waals surface area (Å²) in [7, 11) is 0. The molecular formula is C14H18F2N2O. The Morgan fingerprint density at radius 1 is 1.26 bits per heavy atom. The molecule has 1 aromatic carbocycles. The van der Waals surface area contributed by atoms with Crippen LogP contribution in [0.1, 0.15) is 42.5 Å². The van der Waals surface area contributed by atoms with Gasteiger partial charge >= 0.3 is 0 Å². The Balaban J connectivity index is 1.90. The fraction of sp³-hybridized carbons (Fsp3) is 0.500. The van der Waals surface area contributed by atoms with Gasteiger partial charge in [-0.2, -0.15) is 0 Å². The molecular weight excluding hydrogens is 250 g/mol. The van der Waals surface area contributed by atoms with Crippen LogP contribution >= 0.6 is 0 Å². The van der Waals surface area contributed by atoms with Crippen LogP contribution in [0.2, 0.25) is 0 Å². The van der Waals surface area contributed by atoms with E-state index < -0.39 is 17.5 Å². The van der Waals surface area contributed by atoms with Crippen molar-refractivity contribution >= 4 is 11.6 Å². The predicted octanol–water partition coefficient (Wildman–Crippen LogP) is 2.86. The van der Waals surface area contributed by atoms with Gasteiger partial charge in [-0.25, -0.2) is 8.78 Å². The zero-order chi connectivity index (χ0) is 13.8. The molecule has 2 rings (SSSR count). The summed E-state index contributed by atoms with van der Waals surface area (Å²) in [6.07, 6.45) is 5.87. The number of hydrogen-bond donors (Lipinski definition) is 2. The molecule has 0 aliphatic heterocycles. The summed E-state index contributed by atoms with van der Waals surface area (Å²) in [6, 6.07) is 1.68. The summed E-state index contributed by atoms with van der Waals surface area (Å²) in [6.45, 7) is 0.544. The van der Waals surface area contributed by atoms with E-state index >= 15 is 0 Å². The van der Waals surface area contributed by atoms with E-state index in [1.54, 1.807) is 0 Å². The number of hydrogen-bond acceptors (Lipinski definition) is 2. The van der Waals surface area contributed by atoms with Gasteiger partial charge in [0.25, 0.3) is 5.91 Å². The molecule has 1 aliphatic carbocycles.